The third kappa shape index (κ3) is 4.28. The number of morpholine rings is 1. The molecule has 0 aromatic heterocycles. The van der Waals surface area contributed by atoms with Crippen LogP contribution in [0.2, 0.25) is 0 Å². The van der Waals surface area contributed by atoms with E-state index in [0.29, 0.717) is 43.2 Å². The molecule has 0 aliphatic carbocycles. The number of anilines is 2. The van der Waals surface area contributed by atoms with Gasteiger partial charge in [-0.25, -0.2) is 8.42 Å². The molecule has 2 aliphatic heterocycles. The molecule has 0 unspecified atom stereocenters. The number of nitrogens with one attached hydrogen (secondary N) is 1. The van der Waals surface area contributed by atoms with Crippen LogP contribution in [0.5, 0.6) is 0 Å². The van der Waals surface area contributed by atoms with Crippen molar-refractivity contribution in [2.45, 2.75) is 38.0 Å². The van der Waals surface area contributed by atoms with Gasteiger partial charge in [0, 0.05) is 24.5 Å². The number of benzene rings is 2. The third-order valence-corrected chi connectivity index (χ3v) is 8.18. The van der Waals surface area contributed by atoms with Gasteiger partial charge in [-0.2, -0.15) is 4.31 Å². The van der Waals surface area contributed by atoms with Crippen molar-refractivity contribution in [2.75, 3.05) is 43.1 Å². The van der Waals surface area contributed by atoms with E-state index in [9.17, 15) is 18.0 Å². The molecule has 2 heterocycles. The van der Waals surface area contributed by atoms with Gasteiger partial charge in [-0.1, -0.05) is 12.1 Å². The zero-order chi connectivity index (χ0) is 24.0. The SMILES string of the molecule is Cc1ccc(C)c(NC(=O)CN2C(=O)C(C)(C)c3cc(S(=O)(=O)N4CCOCC4)ccc32)c1. The quantitative estimate of drug-likeness (QED) is 0.723. The summed E-state index contributed by atoms with van der Waals surface area (Å²) in [7, 11) is -3.70. The van der Waals surface area contributed by atoms with Crippen molar-refractivity contribution >= 4 is 33.2 Å². The lowest BCUT2D eigenvalue weighted by molar-refractivity contribution is -0.124. The molecule has 2 amide bonds. The van der Waals surface area contributed by atoms with E-state index in [2.05, 4.69) is 5.32 Å². The van der Waals surface area contributed by atoms with E-state index < -0.39 is 15.4 Å². The van der Waals surface area contributed by atoms with Gasteiger partial charge in [0.2, 0.25) is 21.8 Å². The Kier molecular flexibility index (Phi) is 6.07. The second kappa shape index (κ2) is 8.55. The van der Waals surface area contributed by atoms with E-state index in [1.807, 2.05) is 32.0 Å². The van der Waals surface area contributed by atoms with Crippen molar-refractivity contribution in [3.63, 3.8) is 0 Å². The molecule has 2 aromatic carbocycles. The average Bonchev–Trinajstić information content (AvgIpc) is 2.97. The van der Waals surface area contributed by atoms with Crippen molar-refractivity contribution in [2.24, 2.45) is 0 Å². The molecular formula is C24H29N3O5S. The van der Waals surface area contributed by atoms with Crippen molar-refractivity contribution in [3.05, 3.63) is 53.1 Å². The van der Waals surface area contributed by atoms with Crippen LogP contribution in [0.15, 0.2) is 41.3 Å². The Labute approximate surface area is 194 Å². The van der Waals surface area contributed by atoms with Crippen LogP contribution >= 0.6 is 0 Å². The summed E-state index contributed by atoms with van der Waals surface area (Å²) in [6, 6.07) is 10.5. The lowest BCUT2D eigenvalue weighted by Crippen LogP contribution is -2.41. The predicted molar refractivity (Wildman–Crippen MR) is 126 cm³/mol. The van der Waals surface area contributed by atoms with Crippen LogP contribution in [0.1, 0.15) is 30.5 Å². The molecule has 33 heavy (non-hydrogen) atoms. The molecule has 0 bridgehead atoms. The molecule has 1 saturated heterocycles. The van der Waals surface area contributed by atoms with Crippen molar-refractivity contribution in [3.8, 4) is 0 Å². The maximum absolute atomic E-state index is 13.2. The maximum Gasteiger partial charge on any atom is 0.244 e. The number of nitrogens with zero attached hydrogens (tertiary/aromatic N) is 2. The van der Waals surface area contributed by atoms with Gasteiger partial charge in [0.25, 0.3) is 0 Å². The molecule has 1 N–H and O–H groups in total. The highest BCUT2D eigenvalue weighted by Gasteiger charge is 2.45. The number of fused-ring (bicyclic) bond motifs is 1. The Balaban J connectivity index is 1.61. The first kappa shape index (κ1) is 23.4. The minimum atomic E-state index is -3.70. The number of carbonyl (C=O) groups excluding carboxylic acids is 2. The fourth-order valence-corrected chi connectivity index (χ4v) is 5.71. The minimum Gasteiger partial charge on any atom is -0.379 e. The summed E-state index contributed by atoms with van der Waals surface area (Å²) < 4.78 is 32.9. The number of rotatable bonds is 5. The second-order valence-electron chi connectivity index (χ2n) is 9.08. The highest BCUT2D eigenvalue weighted by Crippen LogP contribution is 2.42. The first-order valence-electron chi connectivity index (χ1n) is 10.9. The third-order valence-electron chi connectivity index (χ3n) is 6.29. The average molecular weight is 472 g/mol. The number of carbonyl (C=O) groups is 2. The molecule has 8 nitrogen and oxygen atoms in total. The number of ether oxygens (including phenoxy) is 1. The predicted octanol–water partition coefficient (Wildman–Crippen LogP) is 2.59. The topological polar surface area (TPSA) is 96.0 Å². The van der Waals surface area contributed by atoms with Crippen LogP contribution in [0.25, 0.3) is 0 Å². The molecule has 2 aliphatic rings. The van der Waals surface area contributed by atoms with Gasteiger partial charge in [0.1, 0.15) is 6.54 Å². The number of hydrogen-bond donors (Lipinski definition) is 1. The van der Waals surface area contributed by atoms with E-state index in [4.69, 9.17) is 4.74 Å². The summed E-state index contributed by atoms with van der Waals surface area (Å²) in [5, 5.41) is 2.89. The second-order valence-corrected chi connectivity index (χ2v) is 11.0. The van der Waals surface area contributed by atoms with Crippen LogP contribution < -0.4 is 10.2 Å². The normalized spacial score (nSPS) is 18.3. The molecule has 0 spiro atoms. The minimum absolute atomic E-state index is 0.144. The molecule has 0 radical (unpaired) electrons. The fraction of sp³-hybridized carbons (Fsp3) is 0.417. The Morgan fingerprint density at radius 2 is 1.79 bits per heavy atom. The number of amides is 2. The molecule has 0 atom stereocenters. The largest absolute Gasteiger partial charge is 0.379 e. The zero-order valence-corrected chi connectivity index (χ0v) is 20.2. The standard InChI is InChI=1S/C24H29N3O5S/c1-16-5-6-17(2)20(13-16)25-22(28)15-27-21-8-7-18(14-19(21)24(3,4)23(27)29)33(30,31)26-9-11-32-12-10-26/h5-8,13-14H,9-12,15H2,1-4H3,(H,25,28). The van der Waals surface area contributed by atoms with Crippen LogP contribution in [-0.4, -0.2) is 57.4 Å². The van der Waals surface area contributed by atoms with Crippen LogP contribution in [0, 0.1) is 13.8 Å². The summed E-state index contributed by atoms with van der Waals surface area (Å²) in [6.45, 7) is 8.51. The molecular weight excluding hydrogens is 442 g/mol. The highest BCUT2D eigenvalue weighted by molar-refractivity contribution is 7.89. The summed E-state index contributed by atoms with van der Waals surface area (Å²) in [6.07, 6.45) is 0. The first-order chi connectivity index (χ1) is 15.5. The monoisotopic (exact) mass is 471 g/mol. The van der Waals surface area contributed by atoms with Gasteiger partial charge in [-0.15, -0.1) is 0 Å². The molecule has 176 valence electrons. The summed E-state index contributed by atoms with van der Waals surface area (Å²) >= 11 is 0. The van der Waals surface area contributed by atoms with Gasteiger partial charge in [-0.3, -0.25) is 9.59 Å². The maximum atomic E-state index is 13.2. The Bertz CT molecular complexity index is 1220. The van der Waals surface area contributed by atoms with Crippen LogP contribution in [0.4, 0.5) is 11.4 Å². The van der Waals surface area contributed by atoms with Gasteiger partial charge < -0.3 is 15.0 Å². The molecule has 4 rings (SSSR count). The Morgan fingerprint density at radius 3 is 2.48 bits per heavy atom. The van der Waals surface area contributed by atoms with E-state index in [-0.39, 0.29) is 23.3 Å². The molecule has 9 heteroatoms. The summed E-state index contributed by atoms with van der Waals surface area (Å²) in [5.41, 5.74) is 2.86. The zero-order valence-electron chi connectivity index (χ0n) is 19.3. The van der Waals surface area contributed by atoms with Crippen LogP contribution in [0.3, 0.4) is 0 Å². The van der Waals surface area contributed by atoms with E-state index >= 15 is 0 Å². The summed E-state index contributed by atoms with van der Waals surface area (Å²) in [5.74, 6) is -0.555. The molecule has 0 saturated carbocycles. The fourth-order valence-electron chi connectivity index (χ4n) is 4.27. The smallest absolute Gasteiger partial charge is 0.244 e. The lowest BCUT2D eigenvalue weighted by Gasteiger charge is -2.26. The van der Waals surface area contributed by atoms with Crippen LogP contribution in [-0.2, 0) is 29.8 Å². The van der Waals surface area contributed by atoms with E-state index in [0.717, 1.165) is 11.1 Å². The Hall–Kier alpha value is -2.75. The van der Waals surface area contributed by atoms with Crippen molar-refractivity contribution in [1.29, 1.82) is 0 Å². The van der Waals surface area contributed by atoms with Gasteiger partial charge in [-0.05, 0) is 68.7 Å². The van der Waals surface area contributed by atoms with E-state index in [1.165, 1.54) is 15.3 Å². The highest BCUT2D eigenvalue weighted by atomic mass is 32.2. The number of sulfonamides is 1. The van der Waals surface area contributed by atoms with Gasteiger partial charge in [0.15, 0.2) is 0 Å². The van der Waals surface area contributed by atoms with Gasteiger partial charge in [0.05, 0.1) is 23.5 Å². The van der Waals surface area contributed by atoms with Crippen molar-refractivity contribution in [1.82, 2.24) is 4.31 Å². The molecule has 2 aromatic rings. The van der Waals surface area contributed by atoms with Crippen molar-refractivity contribution < 1.29 is 22.7 Å². The Morgan fingerprint density at radius 1 is 1.09 bits per heavy atom. The number of aryl methyl sites for hydroxylation is 2. The molecule has 1 fully saturated rings. The summed E-state index contributed by atoms with van der Waals surface area (Å²) in [4.78, 5) is 27.6. The van der Waals surface area contributed by atoms with Gasteiger partial charge >= 0.3 is 0 Å². The first-order valence-corrected chi connectivity index (χ1v) is 12.4. The van der Waals surface area contributed by atoms with E-state index in [1.54, 1.807) is 26.0 Å². The number of hydrogen-bond acceptors (Lipinski definition) is 5. The lowest BCUT2D eigenvalue weighted by atomic mass is 9.86.